The second-order valence-electron chi connectivity index (χ2n) is 3.46. The number of hydrogen-bond donors (Lipinski definition) is 2. The Bertz CT molecular complexity index is 471. The maximum absolute atomic E-state index is 10.6. The predicted molar refractivity (Wildman–Crippen MR) is 62.1 cm³/mol. The SMILES string of the molecule is CCC(=NNC(N)=O)c1ccc2c(c1)OCO2. The summed E-state index contributed by atoms with van der Waals surface area (Å²) in [6.07, 6.45) is 0.667. The zero-order chi connectivity index (χ0) is 12.3. The van der Waals surface area contributed by atoms with Crippen LogP contribution in [0.1, 0.15) is 18.9 Å². The molecule has 0 bridgehead atoms. The summed E-state index contributed by atoms with van der Waals surface area (Å²) >= 11 is 0. The van der Waals surface area contributed by atoms with Crippen molar-refractivity contribution >= 4 is 11.7 Å². The summed E-state index contributed by atoms with van der Waals surface area (Å²) in [5, 5.41) is 3.93. The van der Waals surface area contributed by atoms with Crippen LogP contribution in [-0.4, -0.2) is 18.5 Å². The summed E-state index contributed by atoms with van der Waals surface area (Å²) in [4.78, 5) is 10.6. The Hall–Kier alpha value is -2.24. The molecule has 6 nitrogen and oxygen atoms in total. The minimum atomic E-state index is -0.684. The van der Waals surface area contributed by atoms with E-state index in [2.05, 4.69) is 10.5 Å². The first kappa shape index (κ1) is 11.3. The average molecular weight is 235 g/mol. The van der Waals surface area contributed by atoms with Crippen molar-refractivity contribution in [3.05, 3.63) is 23.8 Å². The molecule has 0 fully saturated rings. The van der Waals surface area contributed by atoms with E-state index in [0.717, 1.165) is 11.3 Å². The van der Waals surface area contributed by atoms with Crippen LogP contribution in [0.25, 0.3) is 0 Å². The summed E-state index contributed by atoms with van der Waals surface area (Å²) in [5.74, 6) is 1.40. The minimum absolute atomic E-state index is 0.233. The Labute approximate surface area is 98.4 Å². The fraction of sp³-hybridized carbons (Fsp3) is 0.273. The molecule has 0 aromatic heterocycles. The highest BCUT2D eigenvalue weighted by molar-refractivity contribution is 6.01. The van der Waals surface area contributed by atoms with Crippen molar-refractivity contribution in [1.82, 2.24) is 5.43 Å². The Morgan fingerprint density at radius 1 is 1.47 bits per heavy atom. The normalized spacial score (nSPS) is 13.6. The lowest BCUT2D eigenvalue weighted by atomic mass is 10.1. The van der Waals surface area contributed by atoms with Crippen LogP contribution < -0.4 is 20.6 Å². The first-order valence-electron chi connectivity index (χ1n) is 5.22. The van der Waals surface area contributed by atoms with Crippen molar-refractivity contribution < 1.29 is 14.3 Å². The fourth-order valence-electron chi connectivity index (χ4n) is 1.55. The highest BCUT2D eigenvalue weighted by Crippen LogP contribution is 2.32. The number of amides is 2. The molecule has 2 rings (SSSR count). The minimum Gasteiger partial charge on any atom is -0.454 e. The second-order valence-corrected chi connectivity index (χ2v) is 3.46. The van der Waals surface area contributed by atoms with Crippen LogP contribution in [0.2, 0.25) is 0 Å². The van der Waals surface area contributed by atoms with Crippen LogP contribution in [0.3, 0.4) is 0 Å². The van der Waals surface area contributed by atoms with Crippen LogP contribution >= 0.6 is 0 Å². The average Bonchev–Trinajstić information content (AvgIpc) is 2.76. The molecule has 3 N–H and O–H groups in total. The summed E-state index contributed by atoms with van der Waals surface area (Å²) in [6.45, 7) is 2.17. The van der Waals surface area contributed by atoms with Crippen LogP contribution in [0.15, 0.2) is 23.3 Å². The molecule has 1 aliphatic heterocycles. The van der Waals surface area contributed by atoms with E-state index in [1.165, 1.54) is 0 Å². The second kappa shape index (κ2) is 4.73. The lowest BCUT2D eigenvalue weighted by molar-refractivity contribution is 0.174. The molecule has 1 aromatic carbocycles. The van der Waals surface area contributed by atoms with Gasteiger partial charge in [-0.05, 0) is 24.6 Å². The van der Waals surface area contributed by atoms with E-state index < -0.39 is 6.03 Å². The van der Waals surface area contributed by atoms with Gasteiger partial charge in [0, 0.05) is 5.56 Å². The third-order valence-corrected chi connectivity index (χ3v) is 2.34. The molecule has 17 heavy (non-hydrogen) atoms. The van der Waals surface area contributed by atoms with E-state index in [0.29, 0.717) is 17.9 Å². The first-order chi connectivity index (χ1) is 8.20. The van der Waals surface area contributed by atoms with Crippen LogP contribution in [0, 0.1) is 0 Å². The molecule has 0 aliphatic carbocycles. The molecule has 2 amide bonds. The van der Waals surface area contributed by atoms with E-state index >= 15 is 0 Å². The standard InChI is InChI=1S/C11H13N3O3/c1-2-8(13-14-11(12)15)7-3-4-9-10(5-7)17-6-16-9/h3-5H,2,6H2,1H3,(H3,12,14,15). The predicted octanol–water partition coefficient (Wildman–Crippen LogP) is 1.20. The molecule has 90 valence electrons. The Morgan fingerprint density at radius 2 is 2.24 bits per heavy atom. The van der Waals surface area contributed by atoms with Gasteiger partial charge in [-0.2, -0.15) is 5.10 Å². The smallest absolute Gasteiger partial charge is 0.332 e. The zero-order valence-corrected chi connectivity index (χ0v) is 9.40. The number of fused-ring (bicyclic) bond motifs is 1. The quantitative estimate of drug-likeness (QED) is 0.609. The molecule has 0 saturated carbocycles. The number of nitrogens with one attached hydrogen (secondary N) is 1. The van der Waals surface area contributed by atoms with Gasteiger partial charge in [0.15, 0.2) is 11.5 Å². The fourth-order valence-corrected chi connectivity index (χ4v) is 1.55. The molecule has 0 unspecified atom stereocenters. The highest BCUT2D eigenvalue weighted by atomic mass is 16.7. The topological polar surface area (TPSA) is 85.9 Å². The van der Waals surface area contributed by atoms with E-state index in [9.17, 15) is 4.79 Å². The molecule has 0 radical (unpaired) electrons. The van der Waals surface area contributed by atoms with Crippen molar-refractivity contribution in [3.8, 4) is 11.5 Å². The number of ether oxygens (including phenoxy) is 2. The van der Waals surface area contributed by atoms with E-state index in [-0.39, 0.29) is 6.79 Å². The van der Waals surface area contributed by atoms with Crippen LogP contribution in [-0.2, 0) is 0 Å². The largest absolute Gasteiger partial charge is 0.454 e. The number of carbonyl (C=O) groups is 1. The number of nitrogens with two attached hydrogens (primary N) is 1. The summed E-state index contributed by atoms with van der Waals surface area (Å²) in [7, 11) is 0. The van der Waals surface area contributed by atoms with Crippen molar-refractivity contribution in [3.63, 3.8) is 0 Å². The van der Waals surface area contributed by atoms with Gasteiger partial charge in [-0.15, -0.1) is 0 Å². The maximum atomic E-state index is 10.6. The third kappa shape index (κ3) is 2.47. The molecule has 1 heterocycles. The molecule has 0 atom stereocenters. The molecule has 1 aromatic rings. The molecule has 0 spiro atoms. The first-order valence-corrected chi connectivity index (χ1v) is 5.22. The Kier molecular flexibility index (Phi) is 3.13. The molecule has 0 saturated heterocycles. The van der Waals surface area contributed by atoms with Crippen LogP contribution in [0.5, 0.6) is 11.5 Å². The van der Waals surface area contributed by atoms with Crippen molar-refractivity contribution in [2.45, 2.75) is 13.3 Å². The molecule has 1 aliphatic rings. The summed E-state index contributed by atoms with van der Waals surface area (Å²) in [6, 6.07) is 4.82. The molecule has 6 heteroatoms. The summed E-state index contributed by atoms with van der Waals surface area (Å²) in [5.41, 5.74) is 8.77. The molecular formula is C11H13N3O3. The summed E-state index contributed by atoms with van der Waals surface area (Å²) < 4.78 is 10.5. The van der Waals surface area contributed by atoms with Gasteiger partial charge in [0.25, 0.3) is 0 Å². The number of hydrazone groups is 1. The van der Waals surface area contributed by atoms with Crippen molar-refractivity contribution in [2.24, 2.45) is 10.8 Å². The highest BCUT2D eigenvalue weighted by Gasteiger charge is 2.14. The van der Waals surface area contributed by atoms with Gasteiger partial charge in [-0.25, -0.2) is 10.2 Å². The van der Waals surface area contributed by atoms with Gasteiger partial charge in [-0.1, -0.05) is 6.92 Å². The van der Waals surface area contributed by atoms with Crippen molar-refractivity contribution in [1.29, 1.82) is 0 Å². The van der Waals surface area contributed by atoms with E-state index in [1.807, 2.05) is 25.1 Å². The Balaban J connectivity index is 2.25. The van der Waals surface area contributed by atoms with Gasteiger partial charge in [0.1, 0.15) is 0 Å². The number of hydrogen-bond acceptors (Lipinski definition) is 4. The number of carbonyl (C=O) groups excluding carboxylic acids is 1. The van der Waals surface area contributed by atoms with Crippen molar-refractivity contribution in [2.75, 3.05) is 6.79 Å². The maximum Gasteiger partial charge on any atom is 0.332 e. The van der Waals surface area contributed by atoms with Gasteiger partial charge >= 0.3 is 6.03 Å². The number of benzene rings is 1. The van der Waals surface area contributed by atoms with Gasteiger partial charge in [0.2, 0.25) is 6.79 Å². The number of rotatable bonds is 3. The molecular weight excluding hydrogens is 222 g/mol. The Morgan fingerprint density at radius 3 is 2.94 bits per heavy atom. The monoisotopic (exact) mass is 235 g/mol. The number of nitrogens with zero attached hydrogens (tertiary/aromatic N) is 1. The third-order valence-electron chi connectivity index (χ3n) is 2.34. The van der Waals surface area contributed by atoms with Crippen LogP contribution in [0.4, 0.5) is 4.79 Å². The van der Waals surface area contributed by atoms with E-state index in [1.54, 1.807) is 0 Å². The van der Waals surface area contributed by atoms with Gasteiger partial charge in [-0.3, -0.25) is 0 Å². The van der Waals surface area contributed by atoms with E-state index in [4.69, 9.17) is 15.2 Å². The number of urea groups is 1. The lowest BCUT2D eigenvalue weighted by Crippen LogP contribution is -2.25. The van der Waals surface area contributed by atoms with Gasteiger partial charge in [0.05, 0.1) is 5.71 Å². The van der Waals surface area contributed by atoms with Gasteiger partial charge < -0.3 is 15.2 Å². The zero-order valence-electron chi connectivity index (χ0n) is 9.40. The number of primary amides is 1. The lowest BCUT2D eigenvalue weighted by Gasteiger charge is -2.05.